The highest BCUT2D eigenvalue weighted by Gasteiger charge is 2.09. The van der Waals surface area contributed by atoms with E-state index in [1.807, 2.05) is 0 Å². The predicted molar refractivity (Wildman–Crippen MR) is 92.6 cm³/mol. The van der Waals surface area contributed by atoms with Gasteiger partial charge in [0.15, 0.2) is 0 Å². The fourth-order valence-electron chi connectivity index (χ4n) is 2.86. The van der Waals surface area contributed by atoms with E-state index in [9.17, 15) is 0 Å². The molecule has 0 bridgehead atoms. The van der Waals surface area contributed by atoms with Gasteiger partial charge in [0.25, 0.3) is 0 Å². The summed E-state index contributed by atoms with van der Waals surface area (Å²) in [5, 5.41) is 5.12. The van der Waals surface area contributed by atoms with E-state index in [0.29, 0.717) is 0 Å². The Bertz CT molecular complexity index is 937. The number of rotatable bonds is 2. The minimum atomic E-state index is 1.22. The van der Waals surface area contributed by atoms with E-state index in [4.69, 9.17) is 0 Å². The fraction of sp³-hybridized carbons (Fsp3) is 0.0526. The molecule has 1 heterocycles. The molecule has 0 saturated heterocycles. The zero-order valence-electron chi connectivity index (χ0n) is 11.8. The van der Waals surface area contributed by atoms with E-state index in [2.05, 4.69) is 83.6 Å². The van der Waals surface area contributed by atoms with Crippen LogP contribution in [0.4, 0.5) is 0 Å². The Labute approximate surface area is 128 Å². The molecule has 0 fully saturated rings. The third-order valence-corrected chi connectivity index (χ3v) is 4.60. The van der Waals surface area contributed by atoms with Crippen molar-refractivity contribution in [2.75, 3.05) is 6.26 Å². The van der Waals surface area contributed by atoms with Gasteiger partial charge >= 0.3 is 0 Å². The topological polar surface area (TPSA) is 4.93 Å². The zero-order valence-corrected chi connectivity index (χ0v) is 12.6. The summed E-state index contributed by atoms with van der Waals surface area (Å²) < 4.78 is 2.34. The van der Waals surface area contributed by atoms with E-state index in [0.717, 1.165) is 0 Å². The lowest BCUT2D eigenvalue weighted by molar-refractivity contribution is 0.996. The van der Waals surface area contributed by atoms with E-state index >= 15 is 0 Å². The van der Waals surface area contributed by atoms with Gasteiger partial charge in [0.1, 0.15) is 0 Å². The molecule has 1 aromatic heterocycles. The summed E-state index contributed by atoms with van der Waals surface area (Å²) in [6.07, 6.45) is 2.13. The molecule has 0 aliphatic rings. The highest BCUT2D eigenvalue weighted by molar-refractivity contribution is 7.98. The Balaban J connectivity index is 2.03. The maximum Gasteiger partial charge on any atom is 0.0802 e. The summed E-state index contributed by atoms with van der Waals surface area (Å²) in [4.78, 5) is 0. The number of benzene rings is 3. The Morgan fingerprint density at radius 2 is 1.43 bits per heavy atom. The van der Waals surface area contributed by atoms with Crippen molar-refractivity contribution in [2.24, 2.45) is 0 Å². The highest BCUT2D eigenvalue weighted by Crippen LogP contribution is 2.30. The molecule has 2 heteroatoms. The molecule has 0 spiro atoms. The second kappa shape index (κ2) is 4.97. The molecule has 1 nitrogen and oxygen atoms in total. The first-order valence-corrected chi connectivity index (χ1v) is 8.23. The van der Waals surface area contributed by atoms with Crippen LogP contribution in [0.25, 0.3) is 27.4 Å². The van der Waals surface area contributed by atoms with Crippen LogP contribution in [0.3, 0.4) is 0 Å². The van der Waals surface area contributed by atoms with Gasteiger partial charge in [0, 0.05) is 11.1 Å². The Kier molecular flexibility index (Phi) is 2.97. The van der Waals surface area contributed by atoms with Gasteiger partial charge in [0.2, 0.25) is 0 Å². The van der Waals surface area contributed by atoms with E-state index < -0.39 is 0 Å². The summed E-state index contributed by atoms with van der Waals surface area (Å²) in [5.74, 6) is 0. The van der Waals surface area contributed by atoms with E-state index in [1.54, 1.807) is 11.8 Å². The molecule has 21 heavy (non-hydrogen) atoms. The van der Waals surface area contributed by atoms with Crippen LogP contribution in [0, 0.1) is 0 Å². The summed E-state index contributed by atoms with van der Waals surface area (Å²) in [5.41, 5.74) is 2.48. The maximum atomic E-state index is 2.34. The van der Waals surface area contributed by atoms with Gasteiger partial charge in [-0.2, -0.15) is 0 Å². The molecule has 0 amide bonds. The van der Waals surface area contributed by atoms with Gasteiger partial charge in [-0.3, -0.25) is 0 Å². The van der Waals surface area contributed by atoms with Crippen LogP contribution in [0.2, 0.25) is 0 Å². The maximum absolute atomic E-state index is 2.34. The van der Waals surface area contributed by atoms with Crippen molar-refractivity contribution in [1.82, 2.24) is 4.57 Å². The number of para-hydroxylation sites is 1. The zero-order chi connectivity index (χ0) is 14.2. The van der Waals surface area contributed by atoms with E-state index in [-0.39, 0.29) is 0 Å². The van der Waals surface area contributed by atoms with Crippen molar-refractivity contribution >= 4 is 33.4 Å². The van der Waals surface area contributed by atoms with Gasteiger partial charge in [0.05, 0.1) is 10.5 Å². The molecule has 0 radical (unpaired) electrons. The fourth-order valence-corrected chi connectivity index (χ4v) is 3.49. The summed E-state index contributed by atoms with van der Waals surface area (Å²) >= 11 is 1.78. The molecule has 0 N–H and O–H groups in total. The summed E-state index contributed by atoms with van der Waals surface area (Å²) in [6, 6.07) is 26.0. The summed E-state index contributed by atoms with van der Waals surface area (Å²) in [7, 11) is 0. The molecule has 0 aliphatic heterocycles. The van der Waals surface area contributed by atoms with Gasteiger partial charge in [-0.25, -0.2) is 0 Å². The minimum absolute atomic E-state index is 1.22. The number of hydrogen-bond acceptors (Lipinski definition) is 1. The molecule has 4 aromatic rings. The van der Waals surface area contributed by atoms with Crippen LogP contribution in [-0.2, 0) is 0 Å². The van der Waals surface area contributed by atoms with Crippen LogP contribution in [-0.4, -0.2) is 10.8 Å². The largest absolute Gasteiger partial charge is 0.304 e. The van der Waals surface area contributed by atoms with Gasteiger partial charge < -0.3 is 4.57 Å². The molecule has 4 rings (SSSR count). The third-order valence-electron chi connectivity index (χ3n) is 3.88. The Morgan fingerprint density at radius 3 is 2.24 bits per heavy atom. The van der Waals surface area contributed by atoms with Crippen LogP contribution in [0.1, 0.15) is 0 Å². The van der Waals surface area contributed by atoms with Crippen LogP contribution in [0.15, 0.2) is 77.8 Å². The van der Waals surface area contributed by atoms with Crippen LogP contribution >= 0.6 is 11.8 Å². The summed E-state index contributed by atoms with van der Waals surface area (Å²) in [6.45, 7) is 0. The minimum Gasteiger partial charge on any atom is -0.304 e. The second-order valence-electron chi connectivity index (χ2n) is 5.11. The smallest absolute Gasteiger partial charge is 0.0802 e. The highest BCUT2D eigenvalue weighted by atomic mass is 32.2. The molecule has 0 saturated carbocycles. The van der Waals surface area contributed by atoms with Gasteiger partial charge in [-0.1, -0.05) is 48.5 Å². The molecule has 0 aliphatic carbocycles. The molecular formula is C19H15NS. The van der Waals surface area contributed by atoms with E-state index in [1.165, 1.54) is 32.4 Å². The quantitative estimate of drug-likeness (QED) is 0.441. The normalized spacial score (nSPS) is 11.3. The third kappa shape index (κ3) is 2.03. The number of hydrogen-bond donors (Lipinski definition) is 0. The van der Waals surface area contributed by atoms with Gasteiger partial charge in [-0.15, -0.1) is 11.8 Å². The van der Waals surface area contributed by atoms with Crippen molar-refractivity contribution in [3.63, 3.8) is 0 Å². The molecule has 102 valence electrons. The number of thioether (sulfide) groups is 1. The monoisotopic (exact) mass is 289 g/mol. The first-order chi connectivity index (χ1) is 10.4. The predicted octanol–water partition coefficient (Wildman–Crippen LogP) is 5.51. The van der Waals surface area contributed by atoms with Crippen molar-refractivity contribution in [3.8, 4) is 5.69 Å². The molecule has 0 atom stereocenters. The number of nitrogens with zero attached hydrogens (tertiary/aromatic N) is 1. The first kappa shape index (κ1) is 12.5. The van der Waals surface area contributed by atoms with Crippen molar-refractivity contribution in [3.05, 3.63) is 72.8 Å². The average Bonchev–Trinajstić information content (AvgIpc) is 2.93. The lowest BCUT2D eigenvalue weighted by atomic mass is 10.1. The first-order valence-electron chi connectivity index (χ1n) is 7.00. The SMILES string of the molecule is CSc1cc2ccccc2n1-c1ccc2ccccc2c1. The van der Waals surface area contributed by atoms with Crippen molar-refractivity contribution in [2.45, 2.75) is 5.03 Å². The van der Waals surface area contributed by atoms with Crippen LogP contribution in [0.5, 0.6) is 0 Å². The Morgan fingerprint density at radius 1 is 0.714 bits per heavy atom. The standard InChI is InChI=1S/C19H15NS/c1-21-19-13-16-8-4-5-9-18(16)20(19)17-11-10-14-6-2-3-7-15(14)12-17/h2-13H,1H3. The molecule has 0 unspecified atom stereocenters. The van der Waals surface area contributed by atoms with Crippen molar-refractivity contribution in [1.29, 1.82) is 0 Å². The lowest BCUT2D eigenvalue weighted by Crippen LogP contribution is -1.95. The van der Waals surface area contributed by atoms with Gasteiger partial charge in [-0.05, 0) is 41.3 Å². The average molecular weight is 289 g/mol. The number of fused-ring (bicyclic) bond motifs is 2. The Hall–Kier alpha value is -2.19. The molecular weight excluding hydrogens is 274 g/mol. The number of aromatic nitrogens is 1. The second-order valence-corrected chi connectivity index (χ2v) is 5.94. The van der Waals surface area contributed by atoms with Crippen LogP contribution < -0.4 is 0 Å². The molecule has 3 aromatic carbocycles. The van der Waals surface area contributed by atoms with Crippen molar-refractivity contribution < 1.29 is 0 Å². The lowest BCUT2D eigenvalue weighted by Gasteiger charge is -2.10.